The number of aryl methyl sites for hydroxylation is 1. The highest BCUT2D eigenvalue weighted by Crippen LogP contribution is 2.16. The van der Waals surface area contributed by atoms with Crippen LogP contribution in [0, 0.1) is 5.92 Å². The topological polar surface area (TPSA) is 52.6 Å². The molecule has 5 heteroatoms. The van der Waals surface area contributed by atoms with Crippen LogP contribution in [0.2, 0.25) is 5.02 Å². The summed E-state index contributed by atoms with van der Waals surface area (Å²) in [4.78, 5) is 23.6. The molecule has 0 aliphatic heterocycles. The van der Waals surface area contributed by atoms with E-state index in [2.05, 4.69) is 0 Å². The summed E-state index contributed by atoms with van der Waals surface area (Å²) in [5, 5.41) is 0.716. The standard InChI is InChI=1S/C17H23ClO4/c1-3-21-16(19)15(17(20)22-4-2)8-6-5-7-13-9-11-14(18)12-10-13/h9-12,15H,3-8H2,1-2H3. The number of rotatable bonds is 9. The van der Waals surface area contributed by atoms with Crippen LogP contribution in [-0.4, -0.2) is 25.2 Å². The Morgan fingerprint density at radius 1 is 1.00 bits per heavy atom. The van der Waals surface area contributed by atoms with Crippen LogP contribution in [0.3, 0.4) is 0 Å². The van der Waals surface area contributed by atoms with Crippen molar-refractivity contribution in [2.45, 2.75) is 39.5 Å². The van der Waals surface area contributed by atoms with Gasteiger partial charge in [0, 0.05) is 5.02 Å². The van der Waals surface area contributed by atoms with Crippen molar-refractivity contribution in [2.24, 2.45) is 5.92 Å². The lowest BCUT2D eigenvalue weighted by Crippen LogP contribution is -2.28. The SMILES string of the molecule is CCOC(=O)C(CCCCc1ccc(Cl)cc1)C(=O)OCC. The number of hydrogen-bond donors (Lipinski definition) is 0. The van der Waals surface area contributed by atoms with E-state index in [1.54, 1.807) is 13.8 Å². The lowest BCUT2D eigenvalue weighted by molar-refractivity contribution is -0.161. The Morgan fingerprint density at radius 3 is 2.05 bits per heavy atom. The first-order valence-corrected chi connectivity index (χ1v) is 8.04. The largest absolute Gasteiger partial charge is 0.465 e. The first-order chi connectivity index (χ1) is 10.6. The van der Waals surface area contributed by atoms with Crippen molar-refractivity contribution in [1.82, 2.24) is 0 Å². The fourth-order valence-corrected chi connectivity index (χ4v) is 2.27. The summed E-state index contributed by atoms with van der Waals surface area (Å²) in [6.45, 7) is 3.97. The molecule has 1 aromatic carbocycles. The normalized spacial score (nSPS) is 10.5. The maximum absolute atomic E-state index is 11.8. The Kier molecular flexibility index (Phi) is 8.60. The van der Waals surface area contributed by atoms with Gasteiger partial charge in [-0.25, -0.2) is 0 Å². The molecule has 0 N–H and O–H groups in total. The first-order valence-electron chi connectivity index (χ1n) is 7.66. The molecule has 0 heterocycles. The van der Waals surface area contributed by atoms with E-state index in [-0.39, 0.29) is 13.2 Å². The lowest BCUT2D eigenvalue weighted by Gasteiger charge is -2.14. The summed E-state index contributed by atoms with van der Waals surface area (Å²) in [7, 11) is 0. The molecule has 0 fully saturated rings. The maximum Gasteiger partial charge on any atom is 0.320 e. The highest BCUT2D eigenvalue weighted by Gasteiger charge is 2.28. The van der Waals surface area contributed by atoms with Crippen molar-refractivity contribution in [3.05, 3.63) is 34.9 Å². The average Bonchev–Trinajstić information content (AvgIpc) is 2.49. The van der Waals surface area contributed by atoms with Gasteiger partial charge < -0.3 is 9.47 Å². The highest BCUT2D eigenvalue weighted by atomic mass is 35.5. The predicted octanol–water partition coefficient (Wildman–Crippen LogP) is 3.80. The average molecular weight is 327 g/mol. The monoisotopic (exact) mass is 326 g/mol. The molecule has 1 aromatic rings. The van der Waals surface area contributed by atoms with Crippen LogP contribution in [0.1, 0.15) is 38.7 Å². The van der Waals surface area contributed by atoms with Gasteiger partial charge in [-0.05, 0) is 50.8 Å². The van der Waals surface area contributed by atoms with Gasteiger partial charge in [0.05, 0.1) is 13.2 Å². The number of hydrogen-bond acceptors (Lipinski definition) is 4. The Bertz CT molecular complexity index is 452. The molecule has 4 nitrogen and oxygen atoms in total. The van der Waals surface area contributed by atoms with Crippen LogP contribution < -0.4 is 0 Å². The van der Waals surface area contributed by atoms with Crippen LogP contribution in [0.4, 0.5) is 0 Å². The Balaban J connectivity index is 2.43. The Hall–Kier alpha value is -1.55. The molecule has 0 atom stereocenters. The molecule has 22 heavy (non-hydrogen) atoms. The number of esters is 2. The van der Waals surface area contributed by atoms with E-state index in [1.165, 1.54) is 5.56 Å². The van der Waals surface area contributed by atoms with Crippen molar-refractivity contribution in [1.29, 1.82) is 0 Å². The number of ether oxygens (including phenoxy) is 2. The van der Waals surface area contributed by atoms with Crippen molar-refractivity contribution >= 4 is 23.5 Å². The highest BCUT2D eigenvalue weighted by molar-refractivity contribution is 6.30. The Labute approximate surface area is 136 Å². The molecule has 0 aliphatic carbocycles. The molecule has 1 rings (SSSR count). The summed E-state index contributed by atoms with van der Waals surface area (Å²) in [5.41, 5.74) is 1.19. The smallest absolute Gasteiger partial charge is 0.320 e. The van der Waals surface area contributed by atoms with Crippen molar-refractivity contribution in [2.75, 3.05) is 13.2 Å². The summed E-state index contributed by atoms with van der Waals surface area (Å²) < 4.78 is 9.89. The number of unbranched alkanes of at least 4 members (excludes halogenated alkanes) is 1. The van der Waals surface area contributed by atoms with E-state index in [9.17, 15) is 9.59 Å². The third-order valence-electron chi connectivity index (χ3n) is 3.26. The number of benzene rings is 1. The van der Waals surface area contributed by atoms with Crippen LogP contribution in [-0.2, 0) is 25.5 Å². The van der Waals surface area contributed by atoms with Gasteiger partial charge in [0.2, 0.25) is 0 Å². The maximum atomic E-state index is 11.8. The van der Waals surface area contributed by atoms with Crippen LogP contribution in [0.15, 0.2) is 24.3 Å². The second kappa shape index (κ2) is 10.2. The van der Waals surface area contributed by atoms with E-state index in [0.717, 1.165) is 19.3 Å². The minimum atomic E-state index is -0.815. The quantitative estimate of drug-likeness (QED) is 0.393. The fraction of sp³-hybridized carbons (Fsp3) is 0.529. The summed E-state index contributed by atoms with van der Waals surface area (Å²) >= 11 is 5.84. The molecule has 0 saturated heterocycles. The van der Waals surface area contributed by atoms with Gasteiger partial charge >= 0.3 is 11.9 Å². The molecule has 0 bridgehead atoms. The zero-order valence-electron chi connectivity index (χ0n) is 13.1. The van der Waals surface area contributed by atoms with E-state index < -0.39 is 17.9 Å². The fourth-order valence-electron chi connectivity index (χ4n) is 2.15. The first kappa shape index (κ1) is 18.5. The third kappa shape index (κ3) is 6.48. The molecule has 0 aromatic heterocycles. The van der Waals surface area contributed by atoms with Gasteiger partial charge in [-0.3, -0.25) is 9.59 Å². The minimum absolute atomic E-state index is 0.263. The predicted molar refractivity (Wildman–Crippen MR) is 85.8 cm³/mol. The summed E-state index contributed by atoms with van der Waals surface area (Å²) in [6, 6.07) is 7.68. The van der Waals surface area contributed by atoms with E-state index in [1.807, 2.05) is 24.3 Å². The van der Waals surface area contributed by atoms with E-state index in [4.69, 9.17) is 21.1 Å². The zero-order chi connectivity index (χ0) is 16.4. The number of carbonyl (C=O) groups is 2. The van der Waals surface area contributed by atoms with Crippen LogP contribution in [0.25, 0.3) is 0 Å². The summed E-state index contributed by atoms with van der Waals surface area (Å²) in [6.07, 6.45) is 2.97. The second-order valence-electron chi connectivity index (χ2n) is 4.93. The Morgan fingerprint density at radius 2 is 1.55 bits per heavy atom. The van der Waals surface area contributed by atoms with Crippen molar-refractivity contribution < 1.29 is 19.1 Å². The molecule has 0 amide bonds. The third-order valence-corrected chi connectivity index (χ3v) is 3.52. The van der Waals surface area contributed by atoms with Gasteiger partial charge in [-0.15, -0.1) is 0 Å². The van der Waals surface area contributed by atoms with Gasteiger partial charge in [-0.1, -0.05) is 30.2 Å². The number of halogens is 1. The molecule has 0 aliphatic rings. The van der Waals surface area contributed by atoms with Gasteiger partial charge in [0.15, 0.2) is 5.92 Å². The lowest BCUT2D eigenvalue weighted by atomic mass is 9.99. The van der Waals surface area contributed by atoms with Crippen LogP contribution in [0.5, 0.6) is 0 Å². The van der Waals surface area contributed by atoms with Gasteiger partial charge in [0.1, 0.15) is 0 Å². The van der Waals surface area contributed by atoms with Gasteiger partial charge in [0.25, 0.3) is 0 Å². The molecule has 0 spiro atoms. The molecule has 122 valence electrons. The zero-order valence-corrected chi connectivity index (χ0v) is 13.9. The van der Waals surface area contributed by atoms with Crippen molar-refractivity contribution in [3.63, 3.8) is 0 Å². The van der Waals surface area contributed by atoms with Crippen molar-refractivity contribution in [3.8, 4) is 0 Å². The molecule has 0 unspecified atom stereocenters. The molecular weight excluding hydrogens is 304 g/mol. The molecule has 0 saturated carbocycles. The van der Waals surface area contributed by atoms with Crippen LogP contribution >= 0.6 is 11.6 Å². The van der Waals surface area contributed by atoms with E-state index >= 15 is 0 Å². The van der Waals surface area contributed by atoms with E-state index in [0.29, 0.717) is 11.4 Å². The second-order valence-corrected chi connectivity index (χ2v) is 5.37. The summed E-state index contributed by atoms with van der Waals surface area (Å²) in [5.74, 6) is -1.80. The molecule has 0 radical (unpaired) electrons. The van der Waals surface area contributed by atoms with Gasteiger partial charge in [-0.2, -0.15) is 0 Å². The number of carbonyl (C=O) groups excluding carboxylic acids is 2. The minimum Gasteiger partial charge on any atom is -0.465 e. The molecular formula is C17H23ClO4.